The van der Waals surface area contributed by atoms with Gasteiger partial charge >= 0.3 is 0 Å². The Morgan fingerprint density at radius 3 is 2.86 bits per heavy atom. The van der Waals surface area contributed by atoms with E-state index in [1.807, 2.05) is 19.1 Å². The minimum atomic E-state index is -0.357. The molecule has 1 N–H and O–H groups in total. The molecule has 2 aliphatic heterocycles. The van der Waals surface area contributed by atoms with Crippen LogP contribution in [-0.2, 0) is 16.1 Å². The molecule has 0 spiro atoms. The SMILES string of the molecule is CC[C@@H]1NC(=O)[C@H]2CN(Cc3ccc(Cl)s3)CCN2C1=O. The van der Waals surface area contributed by atoms with Crippen LogP contribution in [0, 0.1) is 0 Å². The first-order valence-corrected chi connectivity index (χ1v) is 8.35. The van der Waals surface area contributed by atoms with E-state index in [0.717, 1.165) is 17.4 Å². The van der Waals surface area contributed by atoms with E-state index < -0.39 is 0 Å². The molecule has 0 bridgehead atoms. The molecule has 2 fully saturated rings. The highest BCUT2D eigenvalue weighted by Crippen LogP contribution is 2.24. The smallest absolute Gasteiger partial charge is 0.245 e. The minimum absolute atomic E-state index is 0.0321. The van der Waals surface area contributed by atoms with E-state index in [1.54, 1.807) is 16.2 Å². The summed E-state index contributed by atoms with van der Waals surface area (Å²) in [5, 5.41) is 2.83. The van der Waals surface area contributed by atoms with Crippen molar-refractivity contribution in [3.05, 3.63) is 21.3 Å². The Morgan fingerprint density at radius 2 is 2.19 bits per heavy atom. The Hall–Kier alpha value is -1.11. The number of nitrogens with one attached hydrogen (secondary N) is 1. The first-order valence-electron chi connectivity index (χ1n) is 7.16. The maximum Gasteiger partial charge on any atom is 0.245 e. The third kappa shape index (κ3) is 2.93. The summed E-state index contributed by atoms with van der Waals surface area (Å²) in [6, 6.07) is 3.19. The van der Waals surface area contributed by atoms with Crippen LogP contribution in [0.5, 0.6) is 0 Å². The summed E-state index contributed by atoms with van der Waals surface area (Å²) in [7, 11) is 0. The molecule has 2 aliphatic rings. The van der Waals surface area contributed by atoms with Gasteiger partial charge in [0.2, 0.25) is 11.8 Å². The molecule has 0 saturated carbocycles. The summed E-state index contributed by atoms with van der Waals surface area (Å²) in [5.74, 6) is 0.0243. The van der Waals surface area contributed by atoms with E-state index in [-0.39, 0.29) is 23.9 Å². The fourth-order valence-corrected chi connectivity index (χ4v) is 4.06. The zero-order valence-corrected chi connectivity index (χ0v) is 13.4. The van der Waals surface area contributed by atoms with Gasteiger partial charge in [-0.15, -0.1) is 11.3 Å². The van der Waals surface area contributed by atoms with Crippen LogP contribution in [0.3, 0.4) is 0 Å². The van der Waals surface area contributed by atoms with E-state index >= 15 is 0 Å². The third-order valence-corrected chi connectivity index (χ3v) is 5.30. The van der Waals surface area contributed by atoms with Crippen molar-refractivity contribution in [2.75, 3.05) is 19.6 Å². The molecule has 21 heavy (non-hydrogen) atoms. The molecule has 114 valence electrons. The number of halogens is 1. The summed E-state index contributed by atoms with van der Waals surface area (Å²) in [6.07, 6.45) is 0.644. The molecule has 0 aromatic carbocycles. The van der Waals surface area contributed by atoms with Gasteiger partial charge in [-0.2, -0.15) is 0 Å². The van der Waals surface area contributed by atoms with Crippen LogP contribution in [0.25, 0.3) is 0 Å². The quantitative estimate of drug-likeness (QED) is 0.911. The Balaban J connectivity index is 1.67. The lowest BCUT2D eigenvalue weighted by molar-refractivity contribution is -0.153. The van der Waals surface area contributed by atoms with Crippen molar-refractivity contribution >= 4 is 34.8 Å². The van der Waals surface area contributed by atoms with Crippen LogP contribution in [0.15, 0.2) is 12.1 Å². The maximum atomic E-state index is 12.3. The predicted molar refractivity (Wildman–Crippen MR) is 82.3 cm³/mol. The second-order valence-corrected chi connectivity index (χ2v) is 7.26. The number of fused-ring (bicyclic) bond motifs is 1. The van der Waals surface area contributed by atoms with Gasteiger partial charge in [-0.3, -0.25) is 14.5 Å². The average Bonchev–Trinajstić information content (AvgIpc) is 2.88. The predicted octanol–water partition coefficient (Wildman–Crippen LogP) is 1.32. The molecule has 3 heterocycles. The summed E-state index contributed by atoms with van der Waals surface area (Å²) < 4.78 is 0.778. The molecule has 5 nitrogen and oxygen atoms in total. The second kappa shape index (κ2) is 5.94. The Kier molecular flexibility index (Phi) is 4.19. The van der Waals surface area contributed by atoms with E-state index in [0.29, 0.717) is 19.5 Å². The highest BCUT2D eigenvalue weighted by atomic mass is 35.5. The fourth-order valence-electron chi connectivity index (χ4n) is 2.93. The molecule has 0 unspecified atom stereocenters. The topological polar surface area (TPSA) is 52.7 Å². The van der Waals surface area contributed by atoms with E-state index in [1.165, 1.54) is 4.88 Å². The number of carbonyl (C=O) groups excluding carboxylic acids is 2. The van der Waals surface area contributed by atoms with Gasteiger partial charge in [-0.05, 0) is 18.6 Å². The first-order chi connectivity index (χ1) is 10.1. The lowest BCUT2D eigenvalue weighted by atomic mass is 10.0. The first kappa shape index (κ1) is 14.8. The summed E-state index contributed by atoms with van der Waals surface area (Å²) in [5.41, 5.74) is 0. The van der Waals surface area contributed by atoms with E-state index in [4.69, 9.17) is 11.6 Å². The number of amides is 2. The van der Waals surface area contributed by atoms with Crippen molar-refractivity contribution in [3.8, 4) is 0 Å². The van der Waals surface area contributed by atoms with Crippen LogP contribution in [0.2, 0.25) is 4.34 Å². The van der Waals surface area contributed by atoms with Crippen molar-refractivity contribution < 1.29 is 9.59 Å². The van der Waals surface area contributed by atoms with Crippen LogP contribution in [0.1, 0.15) is 18.2 Å². The number of hydrogen-bond acceptors (Lipinski definition) is 4. The molecule has 2 amide bonds. The molecule has 1 aromatic rings. The van der Waals surface area contributed by atoms with Gasteiger partial charge in [0.05, 0.1) is 4.34 Å². The number of nitrogens with zero attached hydrogens (tertiary/aromatic N) is 2. The van der Waals surface area contributed by atoms with Gasteiger partial charge in [0.1, 0.15) is 12.1 Å². The number of piperazine rings is 2. The Labute approximate surface area is 132 Å². The molecular formula is C14H18ClN3O2S. The highest BCUT2D eigenvalue weighted by molar-refractivity contribution is 7.16. The molecular weight excluding hydrogens is 310 g/mol. The molecule has 0 aliphatic carbocycles. The second-order valence-electron chi connectivity index (χ2n) is 5.46. The lowest BCUT2D eigenvalue weighted by Gasteiger charge is -2.45. The fraction of sp³-hybridized carbons (Fsp3) is 0.571. The van der Waals surface area contributed by atoms with Crippen LogP contribution < -0.4 is 5.32 Å². The van der Waals surface area contributed by atoms with Crippen LogP contribution in [-0.4, -0.2) is 53.3 Å². The zero-order chi connectivity index (χ0) is 15.0. The van der Waals surface area contributed by atoms with Crippen LogP contribution >= 0.6 is 22.9 Å². The van der Waals surface area contributed by atoms with Crippen molar-refractivity contribution in [2.45, 2.75) is 32.0 Å². The van der Waals surface area contributed by atoms with Gasteiger partial charge in [-0.1, -0.05) is 18.5 Å². The van der Waals surface area contributed by atoms with Gasteiger partial charge in [-0.25, -0.2) is 0 Å². The van der Waals surface area contributed by atoms with E-state index in [9.17, 15) is 9.59 Å². The summed E-state index contributed by atoms with van der Waals surface area (Å²) in [6.45, 7) is 4.69. The van der Waals surface area contributed by atoms with Gasteiger partial charge in [0, 0.05) is 31.1 Å². The number of thiophene rings is 1. The average molecular weight is 328 g/mol. The molecule has 0 radical (unpaired) electrons. The minimum Gasteiger partial charge on any atom is -0.342 e. The summed E-state index contributed by atoms with van der Waals surface area (Å²) >= 11 is 7.50. The van der Waals surface area contributed by atoms with Gasteiger partial charge < -0.3 is 10.2 Å². The van der Waals surface area contributed by atoms with Crippen molar-refractivity contribution in [3.63, 3.8) is 0 Å². The standard InChI is InChI=1S/C14H18ClN3O2S/c1-2-10-14(20)18-6-5-17(8-11(18)13(19)16-10)7-9-3-4-12(15)21-9/h3-4,10-11H,2,5-8H2,1H3,(H,16,19)/t10-,11+/m0/s1. The lowest BCUT2D eigenvalue weighted by Crippen LogP contribution is -2.68. The number of rotatable bonds is 3. The number of carbonyl (C=O) groups is 2. The van der Waals surface area contributed by atoms with Gasteiger partial charge in [0.25, 0.3) is 0 Å². The molecule has 1 aromatic heterocycles. The Bertz CT molecular complexity index is 562. The molecule has 2 atom stereocenters. The van der Waals surface area contributed by atoms with Crippen molar-refractivity contribution in [1.82, 2.24) is 15.1 Å². The third-order valence-electron chi connectivity index (χ3n) is 4.08. The molecule has 3 rings (SSSR count). The maximum absolute atomic E-state index is 12.3. The van der Waals surface area contributed by atoms with E-state index in [2.05, 4.69) is 10.2 Å². The Morgan fingerprint density at radius 1 is 1.38 bits per heavy atom. The summed E-state index contributed by atoms with van der Waals surface area (Å²) in [4.78, 5) is 29.6. The van der Waals surface area contributed by atoms with Crippen LogP contribution in [0.4, 0.5) is 0 Å². The van der Waals surface area contributed by atoms with Crippen molar-refractivity contribution in [2.24, 2.45) is 0 Å². The largest absolute Gasteiger partial charge is 0.342 e. The normalized spacial score (nSPS) is 26.7. The highest BCUT2D eigenvalue weighted by Gasteiger charge is 2.42. The molecule has 2 saturated heterocycles. The molecule has 7 heteroatoms. The monoisotopic (exact) mass is 327 g/mol. The number of hydrogen-bond donors (Lipinski definition) is 1. The van der Waals surface area contributed by atoms with Gasteiger partial charge in [0.15, 0.2) is 0 Å². The van der Waals surface area contributed by atoms with Crippen molar-refractivity contribution in [1.29, 1.82) is 0 Å². The zero-order valence-electron chi connectivity index (χ0n) is 11.8.